The number of nitrogens with two attached hydrogens (primary N) is 1. The van der Waals surface area contributed by atoms with Crippen molar-refractivity contribution in [1.82, 2.24) is 14.4 Å². The highest BCUT2D eigenvalue weighted by Gasteiger charge is 2.33. The highest BCUT2D eigenvalue weighted by atomic mass is 19.4. The number of hydrogen-bond donors (Lipinski definition) is 1. The molecule has 2 aromatic rings. The highest BCUT2D eigenvalue weighted by Crippen LogP contribution is 2.28. The summed E-state index contributed by atoms with van der Waals surface area (Å²) in [4.78, 5) is 17.7. The van der Waals surface area contributed by atoms with Crippen LogP contribution in [0.4, 0.5) is 13.2 Å². The Kier molecular flexibility index (Phi) is 2.07. The van der Waals surface area contributed by atoms with E-state index < -0.39 is 17.8 Å². The molecule has 5 nitrogen and oxygen atoms in total. The van der Waals surface area contributed by atoms with Crippen molar-refractivity contribution in [1.29, 1.82) is 0 Å². The highest BCUT2D eigenvalue weighted by molar-refractivity contribution is 5.97. The molecule has 0 aliphatic heterocycles. The summed E-state index contributed by atoms with van der Waals surface area (Å²) in [6, 6.07) is 0.729. The maximum atomic E-state index is 12.3. The molecule has 0 aliphatic rings. The monoisotopic (exact) mass is 230 g/mol. The van der Waals surface area contributed by atoms with Crippen LogP contribution in [-0.4, -0.2) is 20.3 Å². The Balaban J connectivity index is 2.68. The van der Waals surface area contributed by atoms with Gasteiger partial charge in [-0.3, -0.25) is 9.20 Å². The second-order valence-corrected chi connectivity index (χ2v) is 3.02. The van der Waals surface area contributed by atoms with E-state index in [1.807, 2.05) is 0 Å². The van der Waals surface area contributed by atoms with Crippen LogP contribution in [0.25, 0.3) is 5.52 Å². The smallest absolute Gasteiger partial charge is 0.364 e. The number of halogens is 3. The number of aromatic nitrogens is 3. The minimum atomic E-state index is -4.57. The fourth-order valence-electron chi connectivity index (χ4n) is 1.24. The molecule has 2 N–H and O–H groups in total. The Morgan fingerprint density at radius 1 is 1.31 bits per heavy atom. The molecular formula is C8H5F3N4O. The van der Waals surface area contributed by atoms with Crippen LogP contribution in [0.1, 0.15) is 16.2 Å². The minimum Gasteiger partial charge on any atom is -0.364 e. The van der Waals surface area contributed by atoms with Crippen LogP contribution >= 0.6 is 0 Å². The number of nitrogens with zero attached hydrogens (tertiary/aromatic N) is 3. The minimum absolute atomic E-state index is 0.0187. The van der Waals surface area contributed by atoms with Crippen molar-refractivity contribution < 1.29 is 18.0 Å². The molecule has 16 heavy (non-hydrogen) atoms. The Morgan fingerprint density at radius 2 is 1.94 bits per heavy atom. The van der Waals surface area contributed by atoms with Crippen LogP contribution in [0.15, 0.2) is 18.7 Å². The molecule has 0 spiro atoms. The molecule has 0 aliphatic carbocycles. The van der Waals surface area contributed by atoms with Crippen LogP contribution in [0.3, 0.4) is 0 Å². The molecule has 1 amide bonds. The van der Waals surface area contributed by atoms with Gasteiger partial charge in [-0.15, -0.1) is 0 Å². The summed E-state index contributed by atoms with van der Waals surface area (Å²) in [5.74, 6) is -0.887. The molecule has 0 saturated heterocycles. The van der Waals surface area contributed by atoms with Gasteiger partial charge in [-0.1, -0.05) is 0 Å². The fourth-order valence-corrected chi connectivity index (χ4v) is 1.24. The van der Waals surface area contributed by atoms with Gasteiger partial charge in [0.1, 0.15) is 18.3 Å². The van der Waals surface area contributed by atoms with Gasteiger partial charge in [-0.25, -0.2) is 9.97 Å². The van der Waals surface area contributed by atoms with Crippen LogP contribution < -0.4 is 5.73 Å². The van der Waals surface area contributed by atoms with Gasteiger partial charge >= 0.3 is 6.18 Å². The predicted molar refractivity (Wildman–Crippen MR) is 46.5 cm³/mol. The zero-order valence-electron chi connectivity index (χ0n) is 7.69. The van der Waals surface area contributed by atoms with E-state index in [4.69, 9.17) is 5.73 Å². The Bertz CT molecular complexity index is 560. The van der Waals surface area contributed by atoms with Crippen LogP contribution in [0.5, 0.6) is 0 Å². The van der Waals surface area contributed by atoms with Gasteiger partial charge in [0.05, 0.1) is 5.52 Å². The van der Waals surface area contributed by atoms with E-state index in [0.717, 1.165) is 12.4 Å². The van der Waals surface area contributed by atoms with Gasteiger partial charge in [-0.2, -0.15) is 13.2 Å². The van der Waals surface area contributed by atoms with Crippen molar-refractivity contribution in [3.05, 3.63) is 30.1 Å². The lowest BCUT2D eigenvalue weighted by Crippen LogP contribution is -2.13. The number of rotatable bonds is 1. The summed E-state index contributed by atoms with van der Waals surface area (Å²) in [5, 5.41) is 0. The lowest BCUT2D eigenvalue weighted by atomic mass is 10.3. The van der Waals surface area contributed by atoms with Gasteiger partial charge in [-0.05, 0) is 6.07 Å². The van der Waals surface area contributed by atoms with Crippen LogP contribution in [0, 0.1) is 0 Å². The topological polar surface area (TPSA) is 73.3 Å². The van der Waals surface area contributed by atoms with Crippen molar-refractivity contribution in [2.24, 2.45) is 5.73 Å². The third-order valence-electron chi connectivity index (χ3n) is 1.95. The second kappa shape index (κ2) is 3.19. The second-order valence-electron chi connectivity index (χ2n) is 3.02. The molecule has 2 heterocycles. The maximum Gasteiger partial charge on any atom is 0.433 e. The molecule has 8 heteroatoms. The molecule has 0 bridgehead atoms. The first-order chi connectivity index (χ1) is 7.39. The molecule has 0 radical (unpaired) electrons. The molecular weight excluding hydrogens is 225 g/mol. The summed E-state index contributed by atoms with van der Waals surface area (Å²) in [5.41, 5.74) is 3.64. The average molecular weight is 230 g/mol. The number of carbonyl (C=O) groups excluding carboxylic acids is 1. The summed E-state index contributed by atoms with van der Waals surface area (Å²) in [7, 11) is 0. The quantitative estimate of drug-likeness (QED) is 0.789. The number of imidazole rings is 1. The van der Waals surface area contributed by atoms with Crippen LogP contribution in [0.2, 0.25) is 0 Å². The largest absolute Gasteiger partial charge is 0.433 e. The van der Waals surface area contributed by atoms with Gasteiger partial charge in [0.25, 0.3) is 5.91 Å². The molecule has 2 aromatic heterocycles. The SMILES string of the molecule is NC(=O)c1ncn2cnc(C(F)(F)F)cc12. The number of alkyl halides is 3. The molecule has 0 saturated carbocycles. The number of fused-ring (bicyclic) bond motifs is 1. The molecule has 84 valence electrons. The van der Waals surface area contributed by atoms with Gasteiger partial charge < -0.3 is 5.73 Å². The number of amides is 1. The summed E-state index contributed by atoms with van der Waals surface area (Å²) in [6.07, 6.45) is -2.47. The van der Waals surface area contributed by atoms with E-state index in [1.165, 1.54) is 10.7 Å². The molecule has 0 unspecified atom stereocenters. The Labute approximate surface area is 86.7 Å². The van der Waals surface area contributed by atoms with Gasteiger partial charge in [0, 0.05) is 0 Å². The van der Waals surface area contributed by atoms with E-state index >= 15 is 0 Å². The number of primary amides is 1. The van der Waals surface area contributed by atoms with E-state index in [1.54, 1.807) is 0 Å². The fraction of sp³-hybridized carbons (Fsp3) is 0.125. The molecule has 0 atom stereocenters. The number of hydrogen-bond acceptors (Lipinski definition) is 3. The first-order valence-corrected chi connectivity index (χ1v) is 4.09. The number of carbonyl (C=O) groups is 1. The average Bonchev–Trinajstić information content (AvgIpc) is 2.58. The van der Waals surface area contributed by atoms with Crippen molar-refractivity contribution in [3.8, 4) is 0 Å². The molecule has 2 rings (SSSR count). The first-order valence-electron chi connectivity index (χ1n) is 4.09. The van der Waals surface area contributed by atoms with E-state index in [2.05, 4.69) is 9.97 Å². The maximum absolute atomic E-state index is 12.3. The zero-order chi connectivity index (χ0) is 11.9. The van der Waals surface area contributed by atoms with E-state index in [0.29, 0.717) is 0 Å². The van der Waals surface area contributed by atoms with E-state index in [-0.39, 0.29) is 11.2 Å². The van der Waals surface area contributed by atoms with Crippen molar-refractivity contribution in [3.63, 3.8) is 0 Å². The summed E-state index contributed by atoms with van der Waals surface area (Å²) < 4.78 is 38.2. The van der Waals surface area contributed by atoms with Crippen molar-refractivity contribution in [2.45, 2.75) is 6.18 Å². The van der Waals surface area contributed by atoms with Crippen molar-refractivity contribution >= 4 is 11.4 Å². The standard InChI is InChI=1S/C8H5F3N4O/c9-8(10,11)5-1-4-6(7(12)16)14-3-15(4)2-13-5/h1-3H,(H2,12,16). The van der Waals surface area contributed by atoms with Crippen LogP contribution in [-0.2, 0) is 6.18 Å². The van der Waals surface area contributed by atoms with Gasteiger partial charge in [0.15, 0.2) is 5.69 Å². The predicted octanol–water partition coefficient (Wildman–Crippen LogP) is 0.847. The van der Waals surface area contributed by atoms with Crippen molar-refractivity contribution in [2.75, 3.05) is 0 Å². The first kappa shape index (κ1) is 10.4. The third kappa shape index (κ3) is 1.58. The molecule has 0 aromatic carbocycles. The summed E-state index contributed by atoms with van der Waals surface area (Å²) >= 11 is 0. The summed E-state index contributed by atoms with van der Waals surface area (Å²) in [6.45, 7) is 0. The Morgan fingerprint density at radius 3 is 2.50 bits per heavy atom. The van der Waals surface area contributed by atoms with Gasteiger partial charge in [0.2, 0.25) is 0 Å². The molecule has 0 fully saturated rings. The Hall–Kier alpha value is -2.12. The zero-order valence-corrected chi connectivity index (χ0v) is 7.69. The van der Waals surface area contributed by atoms with E-state index in [9.17, 15) is 18.0 Å². The normalized spacial score (nSPS) is 11.9. The lowest BCUT2D eigenvalue weighted by Gasteiger charge is -2.05. The lowest BCUT2D eigenvalue weighted by molar-refractivity contribution is -0.141. The third-order valence-corrected chi connectivity index (χ3v) is 1.95.